The molecule has 1 heterocycles. The SMILES string of the molecule is Cc1ccc2nc(NC(=O)CC3(C)CCC3)n(-c3ccc(OC(F)(F)F)c(F)c3)c2c1. The number of carbonyl (C=O) groups excluding carboxylic acids is 1. The summed E-state index contributed by atoms with van der Waals surface area (Å²) in [6, 6.07) is 8.54. The second-order valence-electron chi connectivity index (χ2n) is 8.31. The van der Waals surface area contributed by atoms with Gasteiger partial charge in [0.25, 0.3) is 0 Å². The lowest BCUT2D eigenvalue weighted by Crippen LogP contribution is -2.31. The third-order valence-corrected chi connectivity index (χ3v) is 5.61. The number of hydrogen-bond acceptors (Lipinski definition) is 3. The Morgan fingerprint density at radius 1 is 1.23 bits per heavy atom. The summed E-state index contributed by atoms with van der Waals surface area (Å²) in [5.41, 5.74) is 2.23. The van der Waals surface area contributed by atoms with Crippen molar-refractivity contribution in [1.29, 1.82) is 0 Å². The zero-order valence-corrected chi connectivity index (χ0v) is 17.0. The normalized spacial score (nSPS) is 15.5. The summed E-state index contributed by atoms with van der Waals surface area (Å²) in [6.07, 6.45) is -1.63. The smallest absolute Gasteiger partial charge is 0.403 e. The quantitative estimate of drug-likeness (QED) is 0.509. The Labute approximate surface area is 176 Å². The number of carbonyl (C=O) groups is 1. The highest BCUT2D eigenvalue weighted by Crippen LogP contribution is 2.43. The van der Waals surface area contributed by atoms with Gasteiger partial charge in [0.1, 0.15) is 0 Å². The average Bonchev–Trinajstić information content (AvgIpc) is 2.97. The molecule has 1 N–H and O–H groups in total. The van der Waals surface area contributed by atoms with Gasteiger partial charge in [0.05, 0.1) is 16.7 Å². The van der Waals surface area contributed by atoms with E-state index in [9.17, 15) is 22.4 Å². The van der Waals surface area contributed by atoms with Crippen molar-refractivity contribution in [3.8, 4) is 11.4 Å². The topological polar surface area (TPSA) is 56.2 Å². The Balaban J connectivity index is 1.73. The third-order valence-electron chi connectivity index (χ3n) is 5.61. The third kappa shape index (κ3) is 4.50. The lowest BCUT2D eigenvalue weighted by atomic mass is 9.68. The van der Waals surface area contributed by atoms with Crippen LogP contribution in [0.4, 0.5) is 23.5 Å². The van der Waals surface area contributed by atoms with E-state index >= 15 is 0 Å². The van der Waals surface area contributed by atoms with Gasteiger partial charge < -0.3 is 4.74 Å². The van der Waals surface area contributed by atoms with Crippen LogP contribution in [-0.2, 0) is 4.79 Å². The van der Waals surface area contributed by atoms with E-state index in [0.717, 1.165) is 37.0 Å². The number of nitrogens with zero attached hydrogens (tertiary/aromatic N) is 2. The van der Waals surface area contributed by atoms with Crippen LogP contribution in [0.15, 0.2) is 36.4 Å². The number of aromatic nitrogens is 2. The van der Waals surface area contributed by atoms with E-state index in [1.807, 2.05) is 19.1 Å². The van der Waals surface area contributed by atoms with E-state index in [1.54, 1.807) is 6.07 Å². The Hall–Kier alpha value is -3.10. The van der Waals surface area contributed by atoms with Crippen LogP contribution in [0.25, 0.3) is 16.7 Å². The second kappa shape index (κ2) is 7.55. The summed E-state index contributed by atoms with van der Waals surface area (Å²) in [5, 5.41) is 2.79. The van der Waals surface area contributed by atoms with Crippen LogP contribution in [0.2, 0.25) is 0 Å². The van der Waals surface area contributed by atoms with Crippen LogP contribution < -0.4 is 10.1 Å². The minimum Gasteiger partial charge on any atom is -0.403 e. The molecule has 164 valence electrons. The molecule has 0 radical (unpaired) electrons. The van der Waals surface area contributed by atoms with Crippen molar-refractivity contribution in [3.05, 3.63) is 47.8 Å². The summed E-state index contributed by atoms with van der Waals surface area (Å²) in [6.45, 7) is 3.92. The van der Waals surface area contributed by atoms with Crippen LogP contribution in [0.1, 0.15) is 38.2 Å². The molecule has 0 aliphatic heterocycles. The van der Waals surface area contributed by atoms with Crippen molar-refractivity contribution in [1.82, 2.24) is 9.55 Å². The number of imidazole rings is 1. The van der Waals surface area contributed by atoms with Gasteiger partial charge in [-0.05, 0) is 55.0 Å². The van der Waals surface area contributed by atoms with Crippen molar-refractivity contribution in [2.75, 3.05) is 5.32 Å². The largest absolute Gasteiger partial charge is 0.573 e. The van der Waals surface area contributed by atoms with Gasteiger partial charge in [0.2, 0.25) is 11.9 Å². The number of aryl methyl sites for hydroxylation is 1. The maximum Gasteiger partial charge on any atom is 0.573 e. The van der Waals surface area contributed by atoms with E-state index in [-0.39, 0.29) is 23.0 Å². The average molecular weight is 435 g/mol. The van der Waals surface area contributed by atoms with E-state index in [1.165, 1.54) is 10.6 Å². The molecule has 0 saturated heterocycles. The molecule has 0 spiro atoms. The molecule has 1 aliphatic carbocycles. The Kier molecular flexibility index (Phi) is 5.15. The van der Waals surface area contributed by atoms with Crippen LogP contribution in [0.5, 0.6) is 5.75 Å². The van der Waals surface area contributed by atoms with E-state index in [4.69, 9.17) is 0 Å². The fourth-order valence-electron chi connectivity index (χ4n) is 3.88. The van der Waals surface area contributed by atoms with Gasteiger partial charge in [-0.3, -0.25) is 14.7 Å². The molecule has 5 nitrogen and oxygen atoms in total. The molecular weight excluding hydrogens is 414 g/mol. The number of ether oxygens (including phenoxy) is 1. The first-order valence-electron chi connectivity index (χ1n) is 9.88. The molecule has 0 bridgehead atoms. The molecule has 3 aromatic rings. The first kappa shape index (κ1) is 21.1. The first-order valence-corrected chi connectivity index (χ1v) is 9.88. The number of halogens is 4. The molecule has 4 rings (SSSR count). The summed E-state index contributed by atoms with van der Waals surface area (Å²) < 4.78 is 57.0. The number of fused-ring (bicyclic) bond motifs is 1. The van der Waals surface area contributed by atoms with E-state index in [2.05, 4.69) is 22.0 Å². The summed E-state index contributed by atoms with van der Waals surface area (Å²) in [7, 11) is 0. The number of alkyl halides is 3. The molecule has 1 fully saturated rings. The molecule has 9 heteroatoms. The number of anilines is 1. The van der Waals surface area contributed by atoms with Crippen molar-refractivity contribution in [2.24, 2.45) is 5.41 Å². The van der Waals surface area contributed by atoms with Crippen molar-refractivity contribution >= 4 is 22.9 Å². The highest BCUT2D eigenvalue weighted by atomic mass is 19.4. The molecular formula is C22H21F4N3O2. The van der Waals surface area contributed by atoms with Gasteiger partial charge in [-0.1, -0.05) is 19.4 Å². The molecule has 2 aromatic carbocycles. The standard InChI is InChI=1S/C22H21F4N3O2/c1-13-4-6-16-17(10-13)29(14-5-7-18(15(23)11-14)31-22(24,25)26)20(27-16)28-19(30)12-21(2)8-3-9-21/h4-7,10-11H,3,8-9,12H2,1-2H3,(H,27,28,30). The van der Waals surface area contributed by atoms with Crippen molar-refractivity contribution in [2.45, 2.75) is 45.9 Å². The highest BCUT2D eigenvalue weighted by Gasteiger charge is 2.34. The molecule has 31 heavy (non-hydrogen) atoms. The fourth-order valence-corrected chi connectivity index (χ4v) is 3.88. The van der Waals surface area contributed by atoms with Gasteiger partial charge in [0.15, 0.2) is 11.6 Å². The highest BCUT2D eigenvalue weighted by molar-refractivity contribution is 5.93. The lowest BCUT2D eigenvalue weighted by Gasteiger charge is -2.37. The van der Waals surface area contributed by atoms with Gasteiger partial charge in [-0.25, -0.2) is 9.37 Å². The second-order valence-corrected chi connectivity index (χ2v) is 8.31. The maximum absolute atomic E-state index is 14.4. The van der Waals surface area contributed by atoms with Crippen molar-refractivity contribution in [3.63, 3.8) is 0 Å². The number of benzene rings is 2. The number of amides is 1. The van der Waals surface area contributed by atoms with Gasteiger partial charge in [-0.2, -0.15) is 0 Å². The van der Waals surface area contributed by atoms with E-state index < -0.39 is 17.9 Å². The zero-order chi connectivity index (χ0) is 22.4. The van der Waals surface area contributed by atoms with Crippen molar-refractivity contribution < 1.29 is 27.1 Å². The van der Waals surface area contributed by atoms with Crippen LogP contribution in [0, 0.1) is 18.2 Å². The van der Waals surface area contributed by atoms with Crippen LogP contribution >= 0.6 is 0 Å². The van der Waals surface area contributed by atoms with Crippen LogP contribution in [0.3, 0.4) is 0 Å². The van der Waals surface area contributed by atoms with E-state index in [0.29, 0.717) is 17.5 Å². The molecule has 1 aromatic heterocycles. The van der Waals surface area contributed by atoms with Gasteiger partial charge in [0, 0.05) is 12.5 Å². The van der Waals surface area contributed by atoms with Gasteiger partial charge >= 0.3 is 6.36 Å². The summed E-state index contributed by atoms with van der Waals surface area (Å²) in [4.78, 5) is 17.1. The minimum atomic E-state index is -5.00. The number of nitrogens with one attached hydrogen (secondary N) is 1. The monoisotopic (exact) mass is 435 g/mol. The predicted molar refractivity (Wildman–Crippen MR) is 108 cm³/mol. The molecule has 0 unspecified atom stereocenters. The van der Waals surface area contributed by atoms with Gasteiger partial charge in [-0.15, -0.1) is 13.2 Å². The minimum absolute atomic E-state index is 0.0415. The zero-order valence-electron chi connectivity index (χ0n) is 17.0. The first-order chi connectivity index (χ1) is 14.5. The van der Waals surface area contributed by atoms with Crippen LogP contribution in [-0.4, -0.2) is 21.8 Å². The predicted octanol–water partition coefficient (Wildman–Crippen LogP) is 5.89. The number of hydrogen-bond donors (Lipinski definition) is 1. The molecule has 1 saturated carbocycles. The Morgan fingerprint density at radius 2 is 1.97 bits per heavy atom. The molecule has 1 amide bonds. The summed E-state index contributed by atoms with van der Waals surface area (Å²) >= 11 is 0. The molecule has 1 aliphatic rings. The number of rotatable bonds is 5. The maximum atomic E-state index is 14.4. The fraction of sp³-hybridized carbons (Fsp3) is 0.364. The lowest BCUT2D eigenvalue weighted by molar-refractivity contribution is -0.275. The molecule has 0 atom stereocenters. The Bertz CT molecular complexity index is 1150. The Morgan fingerprint density at radius 3 is 2.58 bits per heavy atom. The summed E-state index contributed by atoms with van der Waals surface area (Å²) in [5.74, 6) is -2.14.